The van der Waals surface area contributed by atoms with Crippen molar-refractivity contribution in [1.82, 2.24) is 15.2 Å². The topological polar surface area (TPSA) is 28.2 Å². The Bertz CT molecular complexity index is 383. The van der Waals surface area contributed by atoms with Crippen LogP contribution in [0, 0.1) is 11.2 Å². The fourth-order valence-electron chi connectivity index (χ4n) is 2.63. The van der Waals surface area contributed by atoms with Crippen LogP contribution in [0.25, 0.3) is 0 Å². The molecule has 1 atom stereocenters. The number of aromatic nitrogens is 1. The predicted octanol–water partition coefficient (Wildman–Crippen LogP) is 1.65. The molecule has 1 aromatic heterocycles. The Hall–Kier alpha value is -1.00. The highest BCUT2D eigenvalue weighted by Crippen LogP contribution is 2.29. The zero-order valence-electron chi connectivity index (χ0n) is 10.5. The summed E-state index contributed by atoms with van der Waals surface area (Å²) in [7, 11) is 1.99. The second-order valence-electron chi connectivity index (χ2n) is 5.31. The fourth-order valence-corrected chi connectivity index (χ4v) is 2.63. The van der Waals surface area contributed by atoms with Gasteiger partial charge in [-0.2, -0.15) is 0 Å². The van der Waals surface area contributed by atoms with Crippen molar-refractivity contribution in [2.24, 2.45) is 5.41 Å². The van der Waals surface area contributed by atoms with Gasteiger partial charge in [0.1, 0.15) is 5.82 Å². The molecule has 0 saturated carbocycles. The second-order valence-corrected chi connectivity index (χ2v) is 5.31. The van der Waals surface area contributed by atoms with Crippen molar-refractivity contribution in [3.63, 3.8) is 0 Å². The van der Waals surface area contributed by atoms with Crippen molar-refractivity contribution in [2.45, 2.75) is 19.9 Å². The smallest absolute Gasteiger partial charge is 0.141 e. The molecule has 2 heterocycles. The molecule has 1 aliphatic heterocycles. The summed E-state index contributed by atoms with van der Waals surface area (Å²) in [6, 6.07) is 1.57. The number of hydrogen-bond acceptors (Lipinski definition) is 3. The van der Waals surface area contributed by atoms with E-state index in [1.165, 1.54) is 12.6 Å². The minimum Gasteiger partial charge on any atom is -0.319 e. The van der Waals surface area contributed by atoms with Gasteiger partial charge in [-0.3, -0.25) is 9.88 Å². The summed E-state index contributed by atoms with van der Waals surface area (Å²) in [4.78, 5) is 6.25. The third-order valence-electron chi connectivity index (χ3n) is 3.41. The van der Waals surface area contributed by atoms with Crippen LogP contribution in [0.2, 0.25) is 0 Å². The summed E-state index contributed by atoms with van der Waals surface area (Å²) in [5.74, 6) is -0.250. The third kappa shape index (κ3) is 3.23. The molecule has 17 heavy (non-hydrogen) atoms. The van der Waals surface area contributed by atoms with Gasteiger partial charge in [0.05, 0.1) is 6.20 Å². The summed E-state index contributed by atoms with van der Waals surface area (Å²) in [5, 5.41) is 3.24. The lowest BCUT2D eigenvalue weighted by atomic mass is 9.90. The van der Waals surface area contributed by atoms with Gasteiger partial charge >= 0.3 is 0 Å². The number of hydrogen-bond donors (Lipinski definition) is 1. The van der Waals surface area contributed by atoms with Crippen molar-refractivity contribution in [1.29, 1.82) is 0 Å². The van der Waals surface area contributed by atoms with Gasteiger partial charge < -0.3 is 5.32 Å². The first-order valence-electron chi connectivity index (χ1n) is 6.08. The Morgan fingerprint density at radius 1 is 1.53 bits per heavy atom. The van der Waals surface area contributed by atoms with E-state index in [0.717, 1.165) is 31.7 Å². The summed E-state index contributed by atoms with van der Waals surface area (Å²) in [5.41, 5.74) is 1.30. The van der Waals surface area contributed by atoms with E-state index in [1.54, 1.807) is 12.3 Å². The first-order valence-corrected chi connectivity index (χ1v) is 6.08. The summed E-state index contributed by atoms with van der Waals surface area (Å²) in [6.45, 7) is 6.27. The normalized spacial score (nSPS) is 25.4. The van der Waals surface area contributed by atoms with E-state index in [2.05, 4.69) is 22.1 Å². The van der Waals surface area contributed by atoms with Crippen molar-refractivity contribution in [3.05, 3.63) is 29.8 Å². The zero-order chi connectivity index (χ0) is 12.3. The van der Waals surface area contributed by atoms with Crippen molar-refractivity contribution in [2.75, 3.05) is 26.7 Å². The first-order chi connectivity index (χ1) is 8.11. The molecule has 0 bridgehead atoms. The van der Waals surface area contributed by atoms with Gasteiger partial charge in [-0.25, -0.2) is 4.39 Å². The Morgan fingerprint density at radius 2 is 2.35 bits per heavy atom. The Balaban J connectivity index is 1.94. The van der Waals surface area contributed by atoms with Crippen molar-refractivity contribution >= 4 is 0 Å². The maximum atomic E-state index is 13.0. The van der Waals surface area contributed by atoms with E-state index in [0.29, 0.717) is 5.41 Å². The van der Waals surface area contributed by atoms with E-state index in [-0.39, 0.29) is 5.82 Å². The minimum absolute atomic E-state index is 0.250. The first kappa shape index (κ1) is 12.5. The number of halogens is 1. The average molecular weight is 237 g/mol. The van der Waals surface area contributed by atoms with Gasteiger partial charge in [-0.05, 0) is 37.1 Å². The maximum Gasteiger partial charge on any atom is 0.141 e. The monoisotopic (exact) mass is 237 g/mol. The van der Waals surface area contributed by atoms with Crippen LogP contribution in [0.4, 0.5) is 4.39 Å². The standard InChI is InChI=1S/C13H20FN3/c1-13(9-15-2)3-4-17(10-13)8-11-5-12(14)7-16-6-11/h5-7,15H,3-4,8-10H2,1-2H3. The molecule has 0 radical (unpaired) electrons. The highest BCUT2D eigenvalue weighted by molar-refractivity contribution is 5.10. The summed E-state index contributed by atoms with van der Waals surface area (Å²) < 4.78 is 13.0. The van der Waals surface area contributed by atoms with Gasteiger partial charge in [-0.1, -0.05) is 6.92 Å². The quantitative estimate of drug-likeness (QED) is 0.863. The number of likely N-dealkylation sites (tertiary alicyclic amines) is 1. The Labute approximate surface area is 102 Å². The molecule has 1 aromatic rings. The fraction of sp³-hybridized carbons (Fsp3) is 0.615. The molecule has 1 unspecified atom stereocenters. The minimum atomic E-state index is -0.250. The van der Waals surface area contributed by atoms with Crippen LogP contribution in [0.1, 0.15) is 18.9 Å². The molecule has 4 heteroatoms. The van der Waals surface area contributed by atoms with E-state index < -0.39 is 0 Å². The number of rotatable bonds is 4. The largest absolute Gasteiger partial charge is 0.319 e. The molecule has 0 amide bonds. The molecule has 94 valence electrons. The van der Waals surface area contributed by atoms with Gasteiger partial charge in [0, 0.05) is 25.8 Å². The molecule has 0 spiro atoms. The van der Waals surface area contributed by atoms with Crippen LogP contribution in [-0.4, -0.2) is 36.6 Å². The van der Waals surface area contributed by atoms with Gasteiger partial charge in [0.2, 0.25) is 0 Å². The zero-order valence-corrected chi connectivity index (χ0v) is 10.5. The van der Waals surface area contributed by atoms with Crippen LogP contribution < -0.4 is 5.32 Å². The summed E-state index contributed by atoms with van der Waals surface area (Å²) in [6.07, 6.45) is 4.19. The highest BCUT2D eigenvalue weighted by atomic mass is 19.1. The molecule has 1 N–H and O–H groups in total. The predicted molar refractivity (Wildman–Crippen MR) is 66.1 cm³/mol. The van der Waals surface area contributed by atoms with Crippen molar-refractivity contribution in [3.8, 4) is 0 Å². The number of nitrogens with one attached hydrogen (secondary N) is 1. The number of pyridine rings is 1. The molecule has 3 nitrogen and oxygen atoms in total. The molecule has 1 fully saturated rings. The van der Waals surface area contributed by atoms with E-state index in [9.17, 15) is 4.39 Å². The Morgan fingerprint density at radius 3 is 3.06 bits per heavy atom. The van der Waals surface area contributed by atoms with Gasteiger partial charge in [0.25, 0.3) is 0 Å². The third-order valence-corrected chi connectivity index (χ3v) is 3.41. The lowest BCUT2D eigenvalue weighted by molar-refractivity contribution is 0.265. The average Bonchev–Trinajstić information content (AvgIpc) is 2.60. The van der Waals surface area contributed by atoms with Gasteiger partial charge in [0.15, 0.2) is 0 Å². The summed E-state index contributed by atoms with van der Waals surface area (Å²) >= 11 is 0. The van der Waals surface area contributed by atoms with E-state index in [1.807, 2.05) is 7.05 Å². The van der Waals surface area contributed by atoms with Crippen LogP contribution in [0.15, 0.2) is 18.5 Å². The van der Waals surface area contributed by atoms with Crippen molar-refractivity contribution < 1.29 is 4.39 Å². The molecule has 1 aliphatic rings. The van der Waals surface area contributed by atoms with E-state index >= 15 is 0 Å². The molecule has 0 aromatic carbocycles. The van der Waals surface area contributed by atoms with Crippen LogP contribution >= 0.6 is 0 Å². The molecular weight excluding hydrogens is 217 g/mol. The molecule has 1 saturated heterocycles. The Kier molecular flexibility index (Phi) is 3.74. The van der Waals surface area contributed by atoms with Crippen LogP contribution in [-0.2, 0) is 6.54 Å². The molecule has 0 aliphatic carbocycles. The van der Waals surface area contributed by atoms with E-state index in [4.69, 9.17) is 0 Å². The SMILES string of the molecule is CNCC1(C)CCN(Cc2cncc(F)c2)C1. The number of nitrogens with zero attached hydrogens (tertiary/aromatic N) is 2. The maximum absolute atomic E-state index is 13.0. The molecular formula is C13H20FN3. The lowest BCUT2D eigenvalue weighted by Crippen LogP contribution is -2.32. The molecule has 2 rings (SSSR count). The lowest BCUT2D eigenvalue weighted by Gasteiger charge is -2.24. The van der Waals surface area contributed by atoms with Crippen LogP contribution in [0.5, 0.6) is 0 Å². The van der Waals surface area contributed by atoms with Crippen LogP contribution in [0.3, 0.4) is 0 Å². The second kappa shape index (κ2) is 5.10. The van der Waals surface area contributed by atoms with Gasteiger partial charge in [-0.15, -0.1) is 0 Å². The highest BCUT2D eigenvalue weighted by Gasteiger charge is 2.32.